The highest BCUT2D eigenvalue weighted by atomic mass is 16.5. The van der Waals surface area contributed by atoms with E-state index in [0.29, 0.717) is 12.3 Å². The summed E-state index contributed by atoms with van der Waals surface area (Å²) in [5, 5.41) is 0. The zero-order valence-corrected chi connectivity index (χ0v) is 13.2. The fourth-order valence-electron chi connectivity index (χ4n) is 2.26. The second kappa shape index (κ2) is 7.45. The zero-order valence-electron chi connectivity index (χ0n) is 13.2. The van der Waals surface area contributed by atoms with E-state index in [0.717, 1.165) is 5.56 Å². The van der Waals surface area contributed by atoms with Gasteiger partial charge < -0.3 is 15.4 Å². The Morgan fingerprint density at radius 2 is 1.70 bits per heavy atom. The maximum atomic E-state index is 12.4. The lowest BCUT2D eigenvalue weighted by Crippen LogP contribution is -2.37. The number of nitrogens with zero attached hydrogens (tertiary/aromatic N) is 1. The third-order valence-corrected chi connectivity index (χ3v) is 3.44. The summed E-state index contributed by atoms with van der Waals surface area (Å²) in [5.41, 5.74) is 6.61. The number of primary amides is 1. The number of hydrogen-bond acceptors (Lipinski definition) is 3. The van der Waals surface area contributed by atoms with E-state index in [2.05, 4.69) is 0 Å². The molecule has 0 aliphatic carbocycles. The van der Waals surface area contributed by atoms with Crippen LogP contribution in [0.1, 0.15) is 22.8 Å². The molecule has 5 nitrogen and oxygen atoms in total. The third-order valence-electron chi connectivity index (χ3n) is 3.44. The Morgan fingerprint density at radius 1 is 1.09 bits per heavy atom. The van der Waals surface area contributed by atoms with E-state index < -0.39 is 12.0 Å². The van der Waals surface area contributed by atoms with Crippen molar-refractivity contribution in [2.45, 2.75) is 19.6 Å². The molecule has 0 saturated heterocycles. The van der Waals surface area contributed by atoms with E-state index in [9.17, 15) is 9.59 Å². The van der Waals surface area contributed by atoms with Crippen LogP contribution in [0, 0.1) is 0 Å². The Hall–Kier alpha value is -2.82. The summed E-state index contributed by atoms with van der Waals surface area (Å²) in [7, 11) is 1.72. The molecular weight excluding hydrogens is 292 g/mol. The molecule has 2 rings (SSSR count). The van der Waals surface area contributed by atoms with Crippen molar-refractivity contribution in [2.75, 3.05) is 7.05 Å². The minimum atomic E-state index is -0.718. The number of carbonyl (C=O) groups excluding carboxylic acids is 2. The number of ether oxygens (including phenoxy) is 1. The van der Waals surface area contributed by atoms with Crippen LogP contribution in [0.25, 0.3) is 0 Å². The molecule has 0 aromatic heterocycles. The fourth-order valence-corrected chi connectivity index (χ4v) is 2.26. The third kappa shape index (κ3) is 4.32. The summed E-state index contributed by atoms with van der Waals surface area (Å²) in [5.74, 6) is -0.444. The minimum Gasteiger partial charge on any atom is -0.480 e. The van der Waals surface area contributed by atoms with Gasteiger partial charge >= 0.3 is 0 Å². The molecule has 2 aromatic rings. The second-order valence-electron chi connectivity index (χ2n) is 5.30. The Bertz CT molecular complexity index is 686. The summed E-state index contributed by atoms with van der Waals surface area (Å²) in [6, 6.07) is 16.3. The van der Waals surface area contributed by atoms with Crippen LogP contribution in [0.4, 0.5) is 0 Å². The summed E-state index contributed by atoms with van der Waals surface area (Å²) >= 11 is 0. The topological polar surface area (TPSA) is 72.6 Å². The maximum Gasteiger partial charge on any atom is 0.263 e. The Balaban J connectivity index is 2.04. The first-order valence-electron chi connectivity index (χ1n) is 7.33. The fraction of sp³-hybridized carbons (Fsp3) is 0.222. The largest absolute Gasteiger partial charge is 0.480 e. The van der Waals surface area contributed by atoms with E-state index in [1.165, 1.54) is 0 Å². The van der Waals surface area contributed by atoms with E-state index in [4.69, 9.17) is 10.5 Å². The second-order valence-corrected chi connectivity index (χ2v) is 5.30. The molecule has 23 heavy (non-hydrogen) atoms. The molecular formula is C18H20N2O3. The lowest BCUT2D eigenvalue weighted by atomic mass is 10.2. The first-order chi connectivity index (χ1) is 11.0. The van der Waals surface area contributed by atoms with Crippen molar-refractivity contribution in [1.29, 1.82) is 0 Å². The molecule has 1 atom stereocenters. The predicted molar refractivity (Wildman–Crippen MR) is 88.0 cm³/mol. The Kier molecular flexibility index (Phi) is 5.36. The molecule has 2 aromatic carbocycles. The molecule has 0 aliphatic rings. The van der Waals surface area contributed by atoms with Gasteiger partial charge in [-0.2, -0.15) is 0 Å². The van der Waals surface area contributed by atoms with Crippen molar-refractivity contribution in [1.82, 2.24) is 4.90 Å². The number of likely N-dealkylation sites (N-methyl/N-ethyl adjacent to an activating group) is 1. The first kappa shape index (κ1) is 16.5. The van der Waals surface area contributed by atoms with Crippen molar-refractivity contribution in [3.05, 3.63) is 65.7 Å². The summed E-state index contributed by atoms with van der Waals surface area (Å²) in [6.45, 7) is 2.15. The molecule has 0 heterocycles. The normalized spacial score (nSPS) is 11.6. The standard InChI is InChI=1S/C18H20N2O3/c1-13(23-16-11-7-6-10-15(16)17(19)21)18(22)20(2)12-14-8-4-3-5-9-14/h3-11,13H,12H2,1-2H3,(H2,19,21)/t13-/m0/s1. The van der Waals surface area contributed by atoms with Gasteiger partial charge in [0.1, 0.15) is 5.75 Å². The van der Waals surface area contributed by atoms with Crippen LogP contribution in [0.2, 0.25) is 0 Å². The van der Waals surface area contributed by atoms with Gasteiger partial charge in [0.25, 0.3) is 11.8 Å². The number of amides is 2. The molecule has 0 spiro atoms. The Morgan fingerprint density at radius 3 is 2.35 bits per heavy atom. The van der Waals surface area contributed by atoms with Gasteiger partial charge in [0.05, 0.1) is 5.56 Å². The van der Waals surface area contributed by atoms with E-state index in [1.807, 2.05) is 30.3 Å². The van der Waals surface area contributed by atoms with E-state index >= 15 is 0 Å². The zero-order chi connectivity index (χ0) is 16.8. The van der Waals surface area contributed by atoms with Gasteiger partial charge in [-0.25, -0.2) is 0 Å². The number of hydrogen-bond donors (Lipinski definition) is 1. The molecule has 0 aliphatic heterocycles. The monoisotopic (exact) mass is 312 g/mol. The smallest absolute Gasteiger partial charge is 0.263 e. The van der Waals surface area contributed by atoms with Crippen LogP contribution in [-0.2, 0) is 11.3 Å². The van der Waals surface area contributed by atoms with Crippen molar-refractivity contribution in [3.63, 3.8) is 0 Å². The highest BCUT2D eigenvalue weighted by molar-refractivity contribution is 5.95. The number of para-hydroxylation sites is 1. The number of carbonyl (C=O) groups is 2. The number of nitrogens with two attached hydrogens (primary N) is 1. The van der Waals surface area contributed by atoms with Gasteiger partial charge in [0.2, 0.25) is 0 Å². The van der Waals surface area contributed by atoms with Gasteiger partial charge in [-0.05, 0) is 24.6 Å². The van der Waals surface area contributed by atoms with Crippen molar-refractivity contribution in [3.8, 4) is 5.75 Å². The van der Waals surface area contributed by atoms with E-state index in [-0.39, 0.29) is 11.5 Å². The summed E-state index contributed by atoms with van der Waals surface area (Å²) in [4.78, 5) is 25.4. The van der Waals surface area contributed by atoms with Crippen LogP contribution in [0.3, 0.4) is 0 Å². The van der Waals surface area contributed by atoms with Gasteiger partial charge in [0, 0.05) is 13.6 Å². The lowest BCUT2D eigenvalue weighted by molar-refractivity contribution is -0.137. The van der Waals surface area contributed by atoms with Crippen LogP contribution >= 0.6 is 0 Å². The van der Waals surface area contributed by atoms with Gasteiger partial charge in [0.15, 0.2) is 6.10 Å². The number of benzene rings is 2. The highest BCUT2D eigenvalue weighted by Gasteiger charge is 2.21. The highest BCUT2D eigenvalue weighted by Crippen LogP contribution is 2.19. The molecule has 120 valence electrons. The summed E-state index contributed by atoms with van der Waals surface area (Å²) < 4.78 is 5.64. The molecule has 0 fully saturated rings. The average Bonchev–Trinajstić information content (AvgIpc) is 2.55. The first-order valence-corrected chi connectivity index (χ1v) is 7.33. The molecule has 2 N–H and O–H groups in total. The molecule has 0 bridgehead atoms. The van der Waals surface area contributed by atoms with Crippen molar-refractivity contribution >= 4 is 11.8 Å². The molecule has 2 amide bonds. The lowest BCUT2D eigenvalue weighted by Gasteiger charge is -2.23. The minimum absolute atomic E-state index is 0.173. The molecule has 0 saturated carbocycles. The Labute approximate surface area is 135 Å². The van der Waals surface area contributed by atoms with Gasteiger partial charge in [-0.1, -0.05) is 42.5 Å². The van der Waals surface area contributed by atoms with Gasteiger partial charge in [-0.15, -0.1) is 0 Å². The van der Waals surface area contributed by atoms with Crippen molar-refractivity contribution in [2.24, 2.45) is 5.73 Å². The molecule has 0 unspecified atom stereocenters. The maximum absolute atomic E-state index is 12.4. The van der Waals surface area contributed by atoms with Crippen LogP contribution in [-0.4, -0.2) is 29.9 Å². The molecule has 5 heteroatoms. The quantitative estimate of drug-likeness (QED) is 0.889. The van der Waals surface area contributed by atoms with Crippen LogP contribution in [0.15, 0.2) is 54.6 Å². The van der Waals surface area contributed by atoms with Gasteiger partial charge in [-0.3, -0.25) is 9.59 Å². The summed E-state index contributed by atoms with van der Waals surface area (Å²) in [6.07, 6.45) is -0.718. The average molecular weight is 312 g/mol. The predicted octanol–water partition coefficient (Wildman–Crippen LogP) is 2.21. The van der Waals surface area contributed by atoms with Crippen LogP contribution < -0.4 is 10.5 Å². The van der Waals surface area contributed by atoms with Crippen molar-refractivity contribution < 1.29 is 14.3 Å². The van der Waals surface area contributed by atoms with E-state index in [1.54, 1.807) is 43.1 Å². The molecule has 0 radical (unpaired) electrons. The number of rotatable bonds is 6. The SMILES string of the molecule is C[C@H](Oc1ccccc1C(N)=O)C(=O)N(C)Cc1ccccc1. The van der Waals surface area contributed by atoms with Crippen LogP contribution in [0.5, 0.6) is 5.75 Å².